The van der Waals surface area contributed by atoms with Gasteiger partial charge in [0.1, 0.15) is 5.82 Å². The number of benzene rings is 3. The van der Waals surface area contributed by atoms with Gasteiger partial charge in [0.25, 0.3) is 15.9 Å². The Balaban J connectivity index is 1.55. The molecular formula is C21H15ClFN3O3S2. The van der Waals surface area contributed by atoms with Crippen molar-refractivity contribution in [3.63, 3.8) is 0 Å². The quantitative estimate of drug-likeness (QED) is 0.401. The Hall–Kier alpha value is -3.01. The third kappa shape index (κ3) is 4.53. The summed E-state index contributed by atoms with van der Waals surface area (Å²) in [5.74, 6) is -0.986. The number of thiazole rings is 1. The molecular weight excluding hydrogens is 461 g/mol. The van der Waals surface area contributed by atoms with Crippen LogP contribution in [0.5, 0.6) is 0 Å². The molecule has 0 spiro atoms. The molecule has 0 bridgehead atoms. The smallest absolute Gasteiger partial charge is 0.261 e. The minimum atomic E-state index is -3.93. The van der Waals surface area contributed by atoms with Crippen LogP contribution in [0.25, 0.3) is 10.2 Å². The molecule has 0 aliphatic heterocycles. The van der Waals surface area contributed by atoms with Crippen LogP contribution < -0.4 is 10.0 Å². The molecule has 6 nitrogen and oxygen atoms in total. The zero-order valence-electron chi connectivity index (χ0n) is 16.0. The topological polar surface area (TPSA) is 88.2 Å². The van der Waals surface area contributed by atoms with E-state index in [0.29, 0.717) is 15.7 Å². The van der Waals surface area contributed by atoms with E-state index in [0.717, 1.165) is 34.5 Å². The van der Waals surface area contributed by atoms with Gasteiger partial charge in [-0.1, -0.05) is 35.1 Å². The first-order valence-corrected chi connectivity index (χ1v) is 11.7. The summed E-state index contributed by atoms with van der Waals surface area (Å²) >= 11 is 7.47. The molecule has 0 aliphatic rings. The van der Waals surface area contributed by atoms with Gasteiger partial charge in [-0.2, -0.15) is 0 Å². The number of hydrogen-bond donors (Lipinski definition) is 2. The van der Waals surface area contributed by atoms with E-state index in [4.69, 9.17) is 11.6 Å². The molecule has 0 aliphatic carbocycles. The Morgan fingerprint density at radius 3 is 2.55 bits per heavy atom. The van der Waals surface area contributed by atoms with Gasteiger partial charge in [-0.05, 0) is 61.0 Å². The maximum atomic E-state index is 13.1. The third-order valence-corrected chi connectivity index (χ3v) is 7.25. The second-order valence-electron chi connectivity index (χ2n) is 6.66. The monoisotopic (exact) mass is 475 g/mol. The maximum absolute atomic E-state index is 13.1. The maximum Gasteiger partial charge on any atom is 0.261 e. The minimum Gasteiger partial charge on any atom is -0.298 e. The van der Waals surface area contributed by atoms with Crippen molar-refractivity contribution in [1.82, 2.24) is 4.98 Å². The van der Waals surface area contributed by atoms with Crippen LogP contribution in [0, 0.1) is 12.7 Å². The lowest BCUT2D eigenvalue weighted by atomic mass is 10.2. The van der Waals surface area contributed by atoms with Gasteiger partial charge in [0.05, 0.1) is 20.1 Å². The Morgan fingerprint density at radius 2 is 1.84 bits per heavy atom. The molecule has 1 heterocycles. The van der Waals surface area contributed by atoms with Gasteiger partial charge < -0.3 is 0 Å². The molecule has 158 valence electrons. The van der Waals surface area contributed by atoms with Gasteiger partial charge in [-0.25, -0.2) is 17.8 Å². The van der Waals surface area contributed by atoms with Crippen molar-refractivity contribution in [2.24, 2.45) is 0 Å². The summed E-state index contributed by atoms with van der Waals surface area (Å²) in [4.78, 5) is 17.0. The van der Waals surface area contributed by atoms with Gasteiger partial charge in [-0.3, -0.25) is 14.8 Å². The molecule has 4 rings (SSSR count). The number of fused-ring (bicyclic) bond motifs is 1. The summed E-state index contributed by atoms with van der Waals surface area (Å²) in [7, 11) is -3.93. The summed E-state index contributed by atoms with van der Waals surface area (Å²) in [6.45, 7) is 1.90. The number of carbonyl (C=O) groups is 1. The van der Waals surface area contributed by atoms with Crippen molar-refractivity contribution >= 4 is 59.9 Å². The van der Waals surface area contributed by atoms with E-state index in [1.54, 1.807) is 18.2 Å². The summed E-state index contributed by atoms with van der Waals surface area (Å²) in [6.07, 6.45) is 0. The predicted octanol–water partition coefficient (Wildman–Crippen LogP) is 5.45. The summed E-state index contributed by atoms with van der Waals surface area (Å²) < 4.78 is 41.2. The second kappa shape index (κ2) is 8.26. The number of anilines is 2. The van der Waals surface area contributed by atoms with Crippen LogP contribution in [-0.4, -0.2) is 19.3 Å². The highest BCUT2D eigenvalue weighted by Crippen LogP contribution is 2.34. The van der Waals surface area contributed by atoms with Gasteiger partial charge >= 0.3 is 0 Å². The summed E-state index contributed by atoms with van der Waals surface area (Å²) in [5, 5.41) is 3.66. The number of carbonyl (C=O) groups excluding carboxylic acids is 1. The lowest BCUT2D eigenvalue weighted by Crippen LogP contribution is -2.15. The number of sulfonamides is 1. The van der Waals surface area contributed by atoms with E-state index in [9.17, 15) is 17.6 Å². The molecule has 31 heavy (non-hydrogen) atoms. The Morgan fingerprint density at radius 1 is 1.10 bits per heavy atom. The molecule has 4 aromatic rings. The molecule has 0 atom stereocenters. The average molecular weight is 476 g/mol. The fourth-order valence-electron chi connectivity index (χ4n) is 2.88. The van der Waals surface area contributed by atoms with Crippen LogP contribution in [0.4, 0.5) is 15.2 Å². The number of rotatable bonds is 5. The standard InChI is InChI=1S/C21H15ClFN3O3S2/c1-12-5-10-17(22)19-18(12)24-21(30-19)25-20(27)13-3-2-4-15(11-13)26-31(28,29)16-8-6-14(23)7-9-16/h2-11,26H,1H3,(H,24,25,27). The fourth-order valence-corrected chi connectivity index (χ4v) is 5.14. The van der Waals surface area contributed by atoms with Crippen molar-refractivity contribution in [1.29, 1.82) is 0 Å². The van der Waals surface area contributed by atoms with Crippen LogP contribution in [0.15, 0.2) is 65.6 Å². The largest absolute Gasteiger partial charge is 0.298 e. The van der Waals surface area contributed by atoms with Crippen molar-refractivity contribution < 1.29 is 17.6 Å². The molecule has 0 unspecified atom stereocenters. The van der Waals surface area contributed by atoms with Crippen LogP contribution in [0.1, 0.15) is 15.9 Å². The SMILES string of the molecule is Cc1ccc(Cl)c2sc(NC(=O)c3cccc(NS(=O)(=O)c4ccc(F)cc4)c3)nc12. The van der Waals surface area contributed by atoms with E-state index in [2.05, 4.69) is 15.0 Å². The van der Waals surface area contributed by atoms with Crippen LogP contribution in [0.3, 0.4) is 0 Å². The van der Waals surface area contributed by atoms with E-state index in [1.165, 1.54) is 23.5 Å². The molecule has 0 radical (unpaired) electrons. The molecule has 10 heteroatoms. The zero-order chi connectivity index (χ0) is 22.2. The first-order chi connectivity index (χ1) is 14.7. The lowest BCUT2D eigenvalue weighted by molar-refractivity contribution is 0.102. The number of aromatic nitrogens is 1. The van der Waals surface area contributed by atoms with Gasteiger partial charge in [0.2, 0.25) is 0 Å². The normalized spacial score (nSPS) is 11.5. The lowest BCUT2D eigenvalue weighted by Gasteiger charge is -2.09. The van der Waals surface area contributed by atoms with E-state index in [-0.39, 0.29) is 16.1 Å². The second-order valence-corrected chi connectivity index (χ2v) is 9.74. The number of amides is 1. The Bertz CT molecular complexity index is 1360. The first kappa shape index (κ1) is 21.2. The molecule has 1 amide bonds. The number of nitrogens with zero attached hydrogens (tertiary/aromatic N) is 1. The van der Waals surface area contributed by atoms with Crippen LogP contribution >= 0.6 is 22.9 Å². The van der Waals surface area contributed by atoms with Gasteiger partial charge in [0.15, 0.2) is 5.13 Å². The van der Waals surface area contributed by atoms with Gasteiger partial charge in [0, 0.05) is 11.3 Å². The molecule has 3 aromatic carbocycles. The Labute approximate surface area is 186 Å². The van der Waals surface area contributed by atoms with E-state index in [1.807, 2.05) is 13.0 Å². The van der Waals surface area contributed by atoms with Crippen molar-refractivity contribution in [2.45, 2.75) is 11.8 Å². The predicted molar refractivity (Wildman–Crippen MR) is 121 cm³/mol. The van der Waals surface area contributed by atoms with Crippen LogP contribution in [0.2, 0.25) is 5.02 Å². The highest BCUT2D eigenvalue weighted by atomic mass is 35.5. The van der Waals surface area contributed by atoms with E-state index < -0.39 is 21.7 Å². The third-order valence-electron chi connectivity index (χ3n) is 4.42. The number of hydrogen-bond acceptors (Lipinski definition) is 5. The number of halogens is 2. The Kier molecular flexibility index (Phi) is 5.65. The molecule has 1 aromatic heterocycles. The molecule has 0 saturated carbocycles. The van der Waals surface area contributed by atoms with E-state index >= 15 is 0 Å². The van der Waals surface area contributed by atoms with Gasteiger partial charge in [-0.15, -0.1) is 0 Å². The fraction of sp³-hybridized carbons (Fsp3) is 0.0476. The molecule has 0 fully saturated rings. The van der Waals surface area contributed by atoms with Crippen molar-refractivity contribution in [3.05, 3.63) is 82.6 Å². The molecule has 2 N–H and O–H groups in total. The summed E-state index contributed by atoms with van der Waals surface area (Å²) in [5.41, 5.74) is 2.09. The molecule has 0 saturated heterocycles. The van der Waals surface area contributed by atoms with Crippen LogP contribution in [-0.2, 0) is 10.0 Å². The average Bonchev–Trinajstić information content (AvgIpc) is 3.16. The minimum absolute atomic E-state index is 0.0921. The number of nitrogens with one attached hydrogen (secondary N) is 2. The van der Waals surface area contributed by atoms with Crippen molar-refractivity contribution in [2.75, 3.05) is 10.0 Å². The van der Waals surface area contributed by atoms with Crippen molar-refractivity contribution in [3.8, 4) is 0 Å². The first-order valence-electron chi connectivity index (χ1n) is 8.98. The number of aryl methyl sites for hydroxylation is 1. The zero-order valence-corrected chi connectivity index (χ0v) is 18.4. The highest BCUT2D eigenvalue weighted by Gasteiger charge is 2.16. The highest BCUT2D eigenvalue weighted by molar-refractivity contribution is 7.92. The summed E-state index contributed by atoms with van der Waals surface area (Å²) in [6, 6.07) is 14.1.